The fraction of sp³-hybridized carbons (Fsp3) is 0.333. The number of hydrogen-bond donors (Lipinski definition) is 1. The summed E-state index contributed by atoms with van der Waals surface area (Å²) in [5.41, 5.74) is 2.23. The van der Waals surface area contributed by atoms with Crippen molar-refractivity contribution >= 4 is 9.84 Å². The monoisotopic (exact) mass is 316 g/mol. The fourth-order valence-electron chi connectivity index (χ4n) is 3.16. The molecule has 0 aromatic heterocycles. The highest BCUT2D eigenvalue weighted by Crippen LogP contribution is 2.53. The molecule has 3 atom stereocenters. The average Bonchev–Trinajstić information content (AvgIpc) is 3.31. The zero-order chi connectivity index (χ0) is 15.7. The number of aliphatic hydroxyl groups is 1. The van der Waals surface area contributed by atoms with E-state index < -0.39 is 15.1 Å². The van der Waals surface area contributed by atoms with Gasteiger partial charge in [-0.3, -0.25) is 0 Å². The summed E-state index contributed by atoms with van der Waals surface area (Å²) in [5, 5.41) is 9.03. The highest BCUT2D eigenvalue weighted by molar-refractivity contribution is 7.92. The Balaban J connectivity index is 1.91. The molecule has 0 aliphatic heterocycles. The first-order valence-electron chi connectivity index (χ1n) is 7.58. The minimum Gasteiger partial charge on any atom is -0.396 e. The summed E-state index contributed by atoms with van der Waals surface area (Å²) >= 11 is 0. The number of rotatable bonds is 5. The van der Waals surface area contributed by atoms with E-state index in [1.165, 1.54) is 5.56 Å². The predicted molar refractivity (Wildman–Crippen MR) is 86.6 cm³/mol. The van der Waals surface area contributed by atoms with Gasteiger partial charge in [-0.2, -0.15) is 0 Å². The summed E-state index contributed by atoms with van der Waals surface area (Å²) < 4.78 is 25.5. The lowest BCUT2D eigenvalue weighted by Crippen LogP contribution is -2.11. The number of benzene rings is 2. The quantitative estimate of drug-likeness (QED) is 0.923. The third-order valence-electron chi connectivity index (χ3n) is 4.51. The van der Waals surface area contributed by atoms with Crippen molar-refractivity contribution in [3.05, 3.63) is 65.7 Å². The SMILES string of the molecule is CCc1ccc([C@@H]2[C@H](CO)[C@H]2S(=O)(=O)c2ccccc2)cc1. The van der Waals surface area contributed by atoms with Crippen LogP contribution in [0.15, 0.2) is 59.5 Å². The number of aryl methyl sites for hydroxylation is 1. The molecule has 4 heteroatoms. The van der Waals surface area contributed by atoms with E-state index in [4.69, 9.17) is 0 Å². The molecule has 1 aliphatic rings. The van der Waals surface area contributed by atoms with Crippen LogP contribution in [0, 0.1) is 5.92 Å². The van der Waals surface area contributed by atoms with Crippen molar-refractivity contribution in [2.75, 3.05) is 6.61 Å². The van der Waals surface area contributed by atoms with Gasteiger partial charge < -0.3 is 5.11 Å². The zero-order valence-corrected chi connectivity index (χ0v) is 13.3. The van der Waals surface area contributed by atoms with Crippen LogP contribution in [0.5, 0.6) is 0 Å². The molecular weight excluding hydrogens is 296 g/mol. The molecule has 0 heterocycles. The van der Waals surface area contributed by atoms with Gasteiger partial charge in [0.05, 0.1) is 10.1 Å². The van der Waals surface area contributed by atoms with Gasteiger partial charge in [-0.05, 0) is 29.7 Å². The number of hydrogen-bond acceptors (Lipinski definition) is 3. The summed E-state index contributed by atoms with van der Waals surface area (Å²) in [7, 11) is -3.40. The van der Waals surface area contributed by atoms with E-state index in [-0.39, 0.29) is 18.4 Å². The van der Waals surface area contributed by atoms with Crippen molar-refractivity contribution in [1.29, 1.82) is 0 Å². The van der Waals surface area contributed by atoms with Crippen molar-refractivity contribution in [2.45, 2.75) is 29.4 Å². The van der Waals surface area contributed by atoms with Gasteiger partial charge in [0.2, 0.25) is 0 Å². The summed E-state index contributed by atoms with van der Waals surface area (Å²) in [4.78, 5) is 0.339. The van der Waals surface area contributed by atoms with Crippen molar-refractivity contribution in [3.8, 4) is 0 Å². The van der Waals surface area contributed by atoms with Crippen LogP contribution in [0.2, 0.25) is 0 Å². The molecular formula is C18H20O3S. The number of sulfone groups is 1. The van der Waals surface area contributed by atoms with Gasteiger partial charge >= 0.3 is 0 Å². The second kappa shape index (κ2) is 5.86. The lowest BCUT2D eigenvalue weighted by atomic mass is 10.1. The van der Waals surface area contributed by atoms with Crippen molar-refractivity contribution < 1.29 is 13.5 Å². The lowest BCUT2D eigenvalue weighted by molar-refractivity contribution is 0.274. The average molecular weight is 316 g/mol. The summed E-state index contributed by atoms with van der Waals surface area (Å²) in [6.07, 6.45) is 0.958. The van der Waals surface area contributed by atoms with Crippen LogP contribution in [-0.4, -0.2) is 25.4 Å². The van der Waals surface area contributed by atoms with Crippen molar-refractivity contribution in [3.63, 3.8) is 0 Å². The van der Waals surface area contributed by atoms with E-state index in [2.05, 4.69) is 6.92 Å². The summed E-state index contributed by atoms with van der Waals surface area (Å²) in [6.45, 7) is 1.99. The first-order valence-corrected chi connectivity index (χ1v) is 9.13. The van der Waals surface area contributed by atoms with Crippen molar-refractivity contribution in [1.82, 2.24) is 0 Å². The second-order valence-electron chi connectivity index (χ2n) is 5.79. The van der Waals surface area contributed by atoms with E-state index in [1.807, 2.05) is 24.3 Å². The first kappa shape index (κ1) is 15.3. The topological polar surface area (TPSA) is 54.4 Å². The normalized spacial score (nSPS) is 24.2. The number of aliphatic hydroxyl groups excluding tert-OH is 1. The molecule has 116 valence electrons. The lowest BCUT2D eigenvalue weighted by Gasteiger charge is -2.04. The third-order valence-corrected chi connectivity index (χ3v) is 6.80. The minimum absolute atomic E-state index is 0.100. The van der Waals surface area contributed by atoms with Crippen LogP contribution in [0.25, 0.3) is 0 Å². The maximum Gasteiger partial charge on any atom is 0.182 e. The molecule has 1 aliphatic carbocycles. The predicted octanol–water partition coefficient (Wildman–Crippen LogP) is 2.80. The Morgan fingerprint density at radius 1 is 1.00 bits per heavy atom. The van der Waals surface area contributed by atoms with Gasteiger partial charge in [-0.1, -0.05) is 49.4 Å². The largest absolute Gasteiger partial charge is 0.396 e. The van der Waals surface area contributed by atoms with E-state index in [0.717, 1.165) is 12.0 Å². The smallest absolute Gasteiger partial charge is 0.182 e. The Morgan fingerprint density at radius 2 is 1.64 bits per heavy atom. The molecule has 1 N–H and O–H groups in total. The Kier molecular flexibility index (Phi) is 4.06. The van der Waals surface area contributed by atoms with Crippen LogP contribution < -0.4 is 0 Å². The molecule has 2 aromatic rings. The minimum atomic E-state index is -3.40. The second-order valence-corrected chi connectivity index (χ2v) is 7.90. The molecule has 0 amide bonds. The molecule has 1 saturated carbocycles. The van der Waals surface area contributed by atoms with E-state index in [9.17, 15) is 13.5 Å². The molecule has 0 bridgehead atoms. The Bertz CT molecular complexity index is 736. The van der Waals surface area contributed by atoms with Crippen LogP contribution in [0.1, 0.15) is 24.0 Å². The summed E-state index contributed by atoms with van der Waals surface area (Å²) in [6, 6.07) is 16.6. The molecule has 1 fully saturated rings. The van der Waals surface area contributed by atoms with E-state index in [1.54, 1.807) is 30.3 Å². The Morgan fingerprint density at radius 3 is 2.18 bits per heavy atom. The Labute approximate surface area is 131 Å². The first-order chi connectivity index (χ1) is 10.6. The van der Waals surface area contributed by atoms with Gasteiger partial charge in [-0.25, -0.2) is 8.42 Å². The van der Waals surface area contributed by atoms with Crippen molar-refractivity contribution in [2.24, 2.45) is 5.92 Å². The maximum atomic E-state index is 12.8. The van der Waals surface area contributed by atoms with E-state index >= 15 is 0 Å². The fourth-order valence-corrected chi connectivity index (χ4v) is 5.38. The van der Waals surface area contributed by atoms with Gasteiger partial charge in [-0.15, -0.1) is 0 Å². The molecule has 2 aromatic carbocycles. The van der Waals surface area contributed by atoms with Gasteiger partial charge in [0, 0.05) is 18.4 Å². The Hall–Kier alpha value is -1.65. The standard InChI is InChI=1S/C18H20O3S/c1-2-13-8-10-14(11-9-13)17-16(12-19)18(17)22(20,21)15-6-4-3-5-7-15/h3-11,16-19H,2,12H2,1H3/t16-,17+,18+/m0/s1. The maximum absolute atomic E-state index is 12.8. The molecule has 22 heavy (non-hydrogen) atoms. The molecule has 0 spiro atoms. The van der Waals surface area contributed by atoms with Gasteiger partial charge in [0.15, 0.2) is 9.84 Å². The van der Waals surface area contributed by atoms with Crippen LogP contribution in [0.3, 0.4) is 0 Å². The van der Waals surface area contributed by atoms with Crippen LogP contribution in [0.4, 0.5) is 0 Å². The molecule has 0 radical (unpaired) electrons. The molecule has 0 saturated heterocycles. The van der Waals surface area contributed by atoms with E-state index in [0.29, 0.717) is 4.90 Å². The molecule has 3 nitrogen and oxygen atoms in total. The third kappa shape index (κ3) is 2.57. The van der Waals surface area contributed by atoms with Gasteiger partial charge in [0.1, 0.15) is 0 Å². The summed E-state index contributed by atoms with van der Waals surface area (Å²) in [5.74, 6) is -0.321. The zero-order valence-electron chi connectivity index (χ0n) is 12.5. The molecule has 3 rings (SSSR count). The van der Waals surface area contributed by atoms with Gasteiger partial charge in [0.25, 0.3) is 0 Å². The van der Waals surface area contributed by atoms with Crippen LogP contribution in [-0.2, 0) is 16.3 Å². The van der Waals surface area contributed by atoms with Crippen LogP contribution >= 0.6 is 0 Å². The highest BCUT2D eigenvalue weighted by Gasteiger charge is 2.58. The highest BCUT2D eigenvalue weighted by atomic mass is 32.2. The molecule has 0 unspecified atom stereocenters.